The molecule has 2 heterocycles. The molecule has 3 amide bonds. The second-order valence-corrected chi connectivity index (χ2v) is 8.04. The van der Waals surface area contributed by atoms with Gasteiger partial charge in [0, 0.05) is 43.0 Å². The predicted octanol–water partition coefficient (Wildman–Crippen LogP) is 3.33. The van der Waals surface area contributed by atoms with Crippen LogP contribution in [0.15, 0.2) is 65.8 Å². The van der Waals surface area contributed by atoms with E-state index in [9.17, 15) is 14.4 Å². The average molecular weight is 463 g/mol. The summed E-state index contributed by atoms with van der Waals surface area (Å²) in [5.74, 6) is -1.06. The van der Waals surface area contributed by atoms with Crippen LogP contribution in [0, 0.1) is 0 Å². The number of carbonyl (C=O) groups excluding carboxylic acids is 3. The summed E-state index contributed by atoms with van der Waals surface area (Å²) in [7, 11) is 1.49. The van der Waals surface area contributed by atoms with Crippen LogP contribution in [0.2, 0.25) is 0 Å². The van der Waals surface area contributed by atoms with E-state index in [-0.39, 0.29) is 37.4 Å². The van der Waals surface area contributed by atoms with Gasteiger partial charge in [-0.15, -0.1) is 0 Å². The van der Waals surface area contributed by atoms with Gasteiger partial charge >= 0.3 is 12.1 Å². The zero-order valence-electron chi connectivity index (χ0n) is 19.0. The monoisotopic (exact) mass is 462 g/mol. The van der Waals surface area contributed by atoms with Crippen molar-refractivity contribution in [2.24, 2.45) is 4.99 Å². The van der Waals surface area contributed by atoms with Gasteiger partial charge in [-0.2, -0.15) is 4.99 Å². The minimum absolute atomic E-state index is 0.00379. The van der Waals surface area contributed by atoms with E-state index in [0.29, 0.717) is 0 Å². The molecule has 1 aliphatic rings. The molecule has 0 aliphatic carbocycles. The molecule has 176 valence electrons. The number of aliphatic imine (C=N–C) groups is 1. The van der Waals surface area contributed by atoms with Gasteiger partial charge in [-0.25, -0.2) is 4.79 Å². The lowest BCUT2D eigenvalue weighted by Gasteiger charge is -2.21. The standard InChI is InChI=1S/C25H26N4O5/c1-16(19-14-27-20-11-7-6-10-18(19)20)22-23(31)28-24(34-22)29(2)21(30)12-13-26-25(32)33-15-17-8-4-3-5-9-17/h3-11,14,16,22,27H,12-13,15H2,1-2H3,(H,26,32)/t16-,22+/m1/s1. The number of ether oxygens (including phenoxy) is 2. The Hall–Kier alpha value is -4.14. The second kappa shape index (κ2) is 10.2. The number of para-hydroxylation sites is 1. The fourth-order valence-corrected chi connectivity index (χ4v) is 3.77. The number of alkyl carbamates (subject to hydrolysis) is 1. The van der Waals surface area contributed by atoms with Gasteiger partial charge < -0.3 is 19.8 Å². The lowest BCUT2D eigenvalue weighted by Crippen LogP contribution is -2.37. The maximum Gasteiger partial charge on any atom is 0.407 e. The van der Waals surface area contributed by atoms with Crippen molar-refractivity contribution in [1.82, 2.24) is 15.2 Å². The summed E-state index contributed by atoms with van der Waals surface area (Å²) < 4.78 is 10.9. The molecule has 0 fully saturated rings. The topological polar surface area (TPSA) is 113 Å². The highest BCUT2D eigenvalue weighted by Crippen LogP contribution is 2.31. The van der Waals surface area contributed by atoms with Gasteiger partial charge in [0.05, 0.1) is 0 Å². The summed E-state index contributed by atoms with van der Waals surface area (Å²) in [5, 5.41) is 3.55. The molecule has 2 aromatic carbocycles. The van der Waals surface area contributed by atoms with Gasteiger partial charge in [0.15, 0.2) is 6.10 Å². The van der Waals surface area contributed by atoms with Crippen LogP contribution in [0.25, 0.3) is 10.9 Å². The number of rotatable bonds is 7. The number of carbonyl (C=O) groups is 3. The third-order valence-corrected chi connectivity index (χ3v) is 5.73. The van der Waals surface area contributed by atoms with Gasteiger partial charge in [-0.1, -0.05) is 55.5 Å². The van der Waals surface area contributed by atoms with Gasteiger partial charge in [0.2, 0.25) is 5.91 Å². The van der Waals surface area contributed by atoms with Crippen molar-refractivity contribution in [3.8, 4) is 0 Å². The van der Waals surface area contributed by atoms with Crippen LogP contribution in [-0.2, 0) is 25.7 Å². The van der Waals surface area contributed by atoms with Crippen LogP contribution < -0.4 is 5.32 Å². The number of hydrogen-bond donors (Lipinski definition) is 2. The number of nitrogens with zero attached hydrogens (tertiary/aromatic N) is 2. The first-order chi connectivity index (χ1) is 16.4. The molecule has 3 aromatic rings. The molecule has 34 heavy (non-hydrogen) atoms. The first-order valence-electron chi connectivity index (χ1n) is 11.0. The first kappa shape index (κ1) is 23.0. The van der Waals surface area contributed by atoms with Gasteiger partial charge in [0.25, 0.3) is 5.91 Å². The summed E-state index contributed by atoms with van der Waals surface area (Å²) in [4.78, 5) is 45.2. The number of aromatic nitrogens is 1. The SMILES string of the molecule is C[C@H](c1c[nH]c2ccccc12)[C@@H]1OC(N(C)C(=O)CCNC(=O)OCc2ccccc2)=NC1=O. The molecule has 0 radical (unpaired) electrons. The Morgan fingerprint density at radius 1 is 1.18 bits per heavy atom. The number of hydrogen-bond acceptors (Lipinski definition) is 5. The first-order valence-corrected chi connectivity index (χ1v) is 11.0. The third-order valence-electron chi connectivity index (χ3n) is 5.73. The van der Waals surface area contributed by atoms with Crippen LogP contribution in [0.4, 0.5) is 4.79 Å². The number of amides is 3. The Kier molecular flexibility index (Phi) is 6.91. The van der Waals surface area contributed by atoms with E-state index in [1.807, 2.05) is 67.7 Å². The molecule has 1 aliphatic heterocycles. The molecule has 0 unspecified atom stereocenters. The highest BCUT2D eigenvalue weighted by molar-refractivity contribution is 6.05. The van der Waals surface area contributed by atoms with Gasteiger partial charge in [-0.3, -0.25) is 14.5 Å². The number of H-pyrrole nitrogens is 1. The van der Waals surface area contributed by atoms with E-state index in [2.05, 4.69) is 15.3 Å². The quantitative estimate of drug-likeness (QED) is 0.559. The van der Waals surface area contributed by atoms with Crippen molar-refractivity contribution >= 4 is 34.8 Å². The average Bonchev–Trinajstić information content (AvgIpc) is 3.46. The Labute approximate surface area is 196 Å². The fourth-order valence-electron chi connectivity index (χ4n) is 3.77. The fraction of sp³-hybridized carbons (Fsp3) is 0.280. The lowest BCUT2D eigenvalue weighted by atomic mass is 9.94. The van der Waals surface area contributed by atoms with Crippen molar-refractivity contribution in [2.75, 3.05) is 13.6 Å². The van der Waals surface area contributed by atoms with E-state index >= 15 is 0 Å². The highest BCUT2D eigenvalue weighted by Gasteiger charge is 2.38. The molecular weight excluding hydrogens is 436 g/mol. The van der Waals surface area contributed by atoms with E-state index in [1.54, 1.807) is 0 Å². The zero-order chi connectivity index (χ0) is 24.1. The van der Waals surface area contributed by atoms with E-state index < -0.39 is 18.1 Å². The third kappa shape index (κ3) is 5.09. The predicted molar refractivity (Wildman–Crippen MR) is 126 cm³/mol. The van der Waals surface area contributed by atoms with E-state index in [1.165, 1.54) is 11.9 Å². The molecule has 0 saturated heterocycles. The molecule has 0 saturated carbocycles. The van der Waals surface area contributed by atoms with Crippen LogP contribution in [0.3, 0.4) is 0 Å². The summed E-state index contributed by atoms with van der Waals surface area (Å²) in [6, 6.07) is 17.1. The second-order valence-electron chi connectivity index (χ2n) is 8.04. The van der Waals surface area contributed by atoms with Crippen LogP contribution in [0.1, 0.15) is 30.4 Å². The molecule has 0 bridgehead atoms. The molecule has 2 N–H and O–H groups in total. The molecule has 2 atom stereocenters. The maximum atomic E-state index is 12.5. The van der Waals surface area contributed by atoms with Crippen molar-refractivity contribution in [3.05, 3.63) is 71.9 Å². The lowest BCUT2D eigenvalue weighted by molar-refractivity contribution is -0.128. The molecule has 9 nitrogen and oxygen atoms in total. The minimum Gasteiger partial charge on any atom is -0.450 e. The minimum atomic E-state index is -0.824. The van der Waals surface area contributed by atoms with Crippen LogP contribution in [-0.4, -0.2) is 53.5 Å². The molecular formula is C25H26N4O5. The van der Waals surface area contributed by atoms with Crippen molar-refractivity contribution in [3.63, 3.8) is 0 Å². The normalized spacial score (nSPS) is 16.0. The van der Waals surface area contributed by atoms with Crippen molar-refractivity contribution in [1.29, 1.82) is 0 Å². The molecule has 4 rings (SSSR count). The highest BCUT2D eigenvalue weighted by atomic mass is 16.5. The van der Waals surface area contributed by atoms with Gasteiger partial charge in [0.1, 0.15) is 6.61 Å². The number of nitrogens with one attached hydrogen (secondary N) is 2. The van der Waals surface area contributed by atoms with Crippen molar-refractivity contribution < 1.29 is 23.9 Å². The zero-order valence-corrected chi connectivity index (χ0v) is 19.0. The smallest absolute Gasteiger partial charge is 0.407 e. The summed E-state index contributed by atoms with van der Waals surface area (Å²) in [6.45, 7) is 2.11. The van der Waals surface area contributed by atoms with Crippen LogP contribution >= 0.6 is 0 Å². The maximum absolute atomic E-state index is 12.5. The van der Waals surface area contributed by atoms with Crippen LogP contribution in [0.5, 0.6) is 0 Å². The summed E-state index contributed by atoms with van der Waals surface area (Å²) >= 11 is 0. The number of amidine groups is 1. The molecule has 0 spiro atoms. The number of aromatic amines is 1. The Balaban J connectivity index is 1.26. The molecule has 1 aromatic heterocycles. The van der Waals surface area contributed by atoms with Crippen molar-refractivity contribution in [2.45, 2.75) is 32.0 Å². The Morgan fingerprint density at radius 2 is 1.91 bits per heavy atom. The summed E-state index contributed by atoms with van der Waals surface area (Å²) in [5.41, 5.74) is 2.78. The van der Waals surface area contributed by atoms with E-state index in [4.69, 9.17) is 9.47 Å². The van der Waals surface area contributed by atoms with E-state index in [0.717, 1.165) is 22.0 Å². The Morgan fingerprint density at radius 3 is 2.71 bits per heavy atom. The number of fused-ring (bicyclic) bond motifs is 1. The molecule has 9 heteroatoms. The Bertz CT molecular complexity index is 1220. The number of benzene rings is 2. The van der Waals surface area contributed by atoms with Gasteiger partial charge in [-0.05, 0) is 17.2 Å². The summed E-state index contributed by atoms with van der Waals surface area (Å²) in [6.07, 6.45) is 0.421. The largest absolute Gasteiger partial charge is 0.450 e.